The van der Waals surface area contributed by atoms with Crippen molar-refractivity contribution >= 4 is 19.6 Å². The monoisotopic (exact) mass is 506 g/mol. The minimum Gasteiger partial charge on any atom is -0.496 e. The van der Waals surface area contributed by atoms with Crippen molar-refractivity contribution in [2.24, 2.45) is 0 Å². The molecule has 3 rings (SSSR count). The fraction of sp³-hybridized carbons (Fsp3) is 0.417. The van der Waals surface area contributed by atoms with Gasteiger partial charge in [-0.05, 0) is 52.5 Å². The normalized spacial score (nSPS) is 20.1. The molecule has 0 aliphatic carbocycles. The van der Waals surface area contributed by atoms with Crippen molar-refractivity contribution < 1.29 is 37.6 Å². The molecule has 0 saturated carbocycles. The highest BCUT2D eigenvalue weighted by molar-refractivity contribution is 7.53. The summed E-state index contributed by atoms with van der Waals surface area (Å²) in [7, 11) is 4.61. The van der Waals surface area contributed by atoms with Gasteiger partial charge in [-0.3, -0.25) is 9.09 Å². The molecular weight excluding hydrogens is 475 g/mol. The van der Waals surface area contributed by atoms with Gasteiger partial charge in [-0.1, -0.05) is 30.3 Å². The Bertz CT molecular complexity index is 1050. The van der Waals surface area contributed by atoms with Crippen LogP contribution in [0.1, 0.15) is 27.1 Å². The van der Waals surface area contributed by atoms with Gasteiger partial charge in [-0.2, -0.15) is 0 Å². The standard InChI is InChI=1S/C24H31N2O8P/c1-25(2)35(29,26(3)4)34-22-15-20(33-24(28)18-13-9-10-14-19(18)30-5)21(32-22)16-31-23(27)17-11-7-6-8-12-17/h6-14,20-22H,15-16H2,1-5H3/t20-,21+,22+/m0/s1. The smallest absolute Gasteiger partial charge is 0.347 e. The van der Waals surface area contributed by atoms with Crippen LogP contribution >= 0.6 is 7.67 Å². The molecule has 0 aromatic heterocycles. The first-order valence-corrected chi connectivity index (χ1v) is 12.5. The summed E-state index contributed by atoms with van der Waals surface area (Å²) in [6, 6.07) is 15.2. The predicted octanol–water partition coefficient (Wildman–Crippen LogP) is 3.44. The number of ether oxygens (including phenoxy) is 4. The lowest BCUT2D eigenvalue weighted by Crippen LogP contribution is -2.32. The quantitative estimate of drug-likeness (QED) is 0.352. The number of nitrogens with zero attached hydrogens (tertiary/aromatic N) is 2. The van der Waals surface area contributed by atoms with E-state index in [0.29, 0.717) is 11.3 Å². The minimum absolute atomic E-state index is 0.0973. The lowest BCUT2D eigenvalue weighted by molar-refractivity contribution is -0.101. The molecule has 1 aliphatic heterocycles. The van der Waals surface area contributed by atoms with Crippen LogP contribution in [-0.4, -0.2) is 81.7 Å². The molecule has 0 amide bonds. The molecule has 2 aromatic carbocycles. The number of hydrogen-bond donors (Lipinski definition) is 0. The van der Waals surface area contributed by atoms with Gasteiger partial charge < -0.3 is 18.9 Å². The summed E-state index contributed by atoms with van der Waals surface area (Å²) in [5.74, 6) is -0.805. The molecular formula is C24H31N2O8P. The van der Waals surface area contributed by atoms with Gasteiger partial charge in [-0.15, -0.1) is 0 Å². The zero-order valence-electron chi connectivity index (χ0n) is 20.5. The van der Waals surface area contributed by atoms with E-state index in [-0.39, 0.29) is 18.6 Å². The van der Waals surface area contributed by atoms with Crippen LogP contribution < -0.4 is 4.74 Å². The van der Waals surface area contributed by atoms with Crippen molar-refractivity contribution in [3.05, 3.63) is 65.7 Å². The van der Waals surface area contributed by atoms with Gasteiger partial charge >= 0.3 is 19.6 Å². The van der Waals surface area contributed by atoms with E-state index in [0.717, 1.165) is 0 Å². The highest BCUT2D eigenvalue weighted by atomic mass is 31.2. The number of para-hydroxylation sites is 1. The molecule has 10 nitrogen and oxygen atoms in total. The Labute approximate surface area is 205 Å². The summed E-state index contributed by atoms with van der Waals surface area (Å²) in [5, 5.41) is 0. The Hall–Kier alpha value is -2.75. The largest absolute Gasteiger partial charge is 0.496 e. The fourth-order valence-electron chi connectivity index (χ4n) is 3.55. The maximum absolute atomic E-state index is 13.3. The van der Waals surface area contributed by atoms with Crippen LogP contribution in [0, 0.1) is 0 Å². The van der Waals surface area contributed by atoms with Crippen LogP contribution in [-0.2, 0) is 23.3 Å². The van der Waals surface area contributed by atoms with Crippen molar-refractivity contribution in [3.63, 3.8) is 0 Å². The average molecular weight is 506 g/mol. The van der Waals surface area contributed by atoms with Crippen LogP contribution in [0.3, 0.4) is 0 Å². The number of carbonyl (C=O) groups is 2. The third kappa shape index (κ3) is 6.48. The van der Waals surface area contributed by atoms with Gasteiger partial charge in [0, 0.05) is 6.42 Å². The molecule has 0 N–H and O–H groups in total. The van der Waals surface area contributed by atoms with Gasteiger partial charge in [-0.25, -0.2) is 18.9 Å². The van der Waals surface area contributed by atoms with Crippen molar-refractivity contribution in [3.8, 4) is 5.75 Å². The van der Waals surface area contributed by atoms with Crippen LogP contribution in [0.4, 0.5) is 0 Å². The molecule has 2 aromatic rings. The molecule has 0 radical (unpaired) electrons. The molecule has 35 heavy (non-hydrogen) atoms. The zero-order chi connectivity index (χ0) is 25.6. The molecule has 1 saturated heterocycles. The molecule has 3 atom stereocenters. The lowest BCUT2D eigenvalue weighted by atomic mass is 10.1. The van der Waals surface area contributed by atoms with Crippen molar-refractivity contribution in [1.29, 1.82) is 0 Å². The Morgan fingerprint density at radius 3 is 2.23 bits per heavy atom. The first kappa shape index (κ1) is 26.8. The van der Waals surface area contributed by atoms with Crippen LogP contribution in [0.15, 0.2) is 54.6 Å². The first-order valence-electron chi connectivity index (χ1n) is 11.0. The van der Waals surface area contributed by atoms with Crippen molar-refractivity contribution in [1.82, 2.24) is 9.34 Å². The van der Waals surface area contributed by atoms with Gasteiger partial charge in [0.15, 0.2) is 6.29 Å². The maximum Gasteiger partial charge on any atom is 0.347 e. The summed E-state index contributed by atoms with van der Waals surface area (Å²) in [4.78, 5) is 25.3. The molecule has 0 bridgehead atoms. The number of esters is 2. The number of methoxy groups -OCH3 is 1. The number of carbonyl (C=O) groups excluding carboxylic acids is 2. The summed E-state index contributed by atoms with van der Waals surface area (Å²) in [6.45, 7) is -0.189. The van der Waals surface area contributed by atoms with E-state index in [9.17, 15) is 14.2 Å². The minimum atomic E-state index is -3.38. The number of rotatable bonds is 10. The molecule has 11 heteroatoms. The van der Waals surface area contributed by atoms with E-state index in [4.69, 9.17) is 23.5 Å². The summed E-state index contributed by atoms with van der Waals surface area (Å²) < 4.78 is 44.4. The third-order valence-corrected chi connectivity index (χ3v) is 7.94. The second-order valence-corrected chi connectivity index (χ2v) is 11.0. The van der Waals surface area contributed by atoms with Crippen LogP contribution in [0.25, 0.3) is 0 Å². The van der Waals surface area contributed by atoms with Crippen LogP contribution in [0.5, 0.6) is 5.75 Å². The van der Waals surface area contributed by atoms with Gasteiger partial charge in [0.2, 0.25) is 0 Å². The average Bonchev–Trinajstić information content (AvgIpc) is 3.22. The summed E-state index contributed by atoms with van der Waals surface area (Å²) in [5.41, 5.74) is 0.622. The molecule has 1 aliphatic rings. The Morgan fingerprint density at radius 2 is 1.60 bits per heavy atom. The van der Waals surface area contributed by atoms with E-state index in [1.54, 1.807) is 82.8 Å². The number of hydrogen-bond acceptors (Lipinski definition) is 8. The van der Waals surface area contributed by atoms with E-state index < -0.39 is 38.1 Å². The maximum atomic E-state index is 13.3. The first-order chi connectivity index (χ1) is 16.7. The van der Waals surface area contributed by atoms with E-state index in [2.05, 4.69) is 0 Å². The number of benzene rings is 2. The molecule has 1 heterocycles. The van der Waals surface area contributed by atoms with Crippen molar-refractivity contribution in [2.75, 3.05) is 41.9 Å². The van der Waals surface area contributed by atoms with Gasteiger partial charge in [0.05, 0.1) is 12.7 Å². The van der Waals surface area contributed by atoms with Crippen LogP contribution in [0.2, 0.25) is 0 Å². The lowest BCUT2D eigenvalue weighted by Gasteiger charge is -2.31. The van der Waals surface area contributed by atoms with Gasteiger partial charge in [0.25, 0.3) is 0 Å². The second-order valence-electron chi connectivity index (χ2n) is 8.24. The topological polar surface area (TPSA) is 104 Å². The highest BCUT2D eigenvalue weighted by Crippen LogP contribution is 2.53. The fourth-order valence-corrected chi connectivity index (χ4v) is 5.08. The highest BCUT2D eigenvalue weighted by Gasteiger charge is 2.44. The second kappa shape index (κ2) is 11.8. The molecule has 1 fully saturated rings. The Balaban J connectivity index is 1.76. The van der Waals surface area contributed by atoms with E-state index in [1.807, 2.05) is 0 Å². The van der Waals surface area contributed by atoms with Crippen molar-refractivity contribution in [2.45, 2.75) is 24.9 Å². The van der Waals surface area contributed by atoms with E-state index in [1.165, 1.54) is 16.5 Å². The Morgan fingerprint density at radius 1 is 0.971 bits per heavy atom. The van der Waals surface area contributed by atoms with E-state index >= 15 is 0 Å². The van der Waals surface area contributed by atoms with Gasteiger partial charge in [0.1, 0.15) is 30.1 Å². The summed E-state index contributed by atoms with van der Waals surface area (Å²) in [6.07, 6.45) is -2.51. The SMILES string of the molecule is COc1ccccc1C(=O)O[C@H]1C[C@@H](OP(=O)(N(C)C)N(C)C)O[C@@H]1COC(=O)c1ccccc1. The summed E-state index contributed by atoms with van der Waals surface area (Å²) >= 11 is 0. The molecule has 0 unspecified atom stereocenters. The Kier molecular flexibility index (Phi) is 9.04. The third-order valence-electron chi connectivity index (χ3n) is 5.41. The molecule has 0 spiro atoms. The predicted molar refractivity (Wildman–Crippen MR) is 128 cm³/mol. The zero-order valence-corrected chi connectivity index (χ0v) is 21.3. The molecule has 190 valence electrons.